The Balaban J connectivity index is 2.65. The van der Waals surface area contributed by atoms with Crippen molar-refractivity contribution >= 4 is 49.2 Å². The SMILES string of the molecule is CCCCCCCCCCS(=O)(=O)NC(CNS(=O)(=O)c1cc(Cl)ccc1Cl)C(=O)NO. The van der Waals surface area contributed by atoms with Crippen LogP contribution in [0.3, 0.4) is 0 Å². The molecular formula is C19H31Cl2N3O6S2. The van der Waals surface area contributed by atoms with Crippen molar-refractivity contribution in [1.82, 2.24) is 14.9 Å². The van der Waals surface area contributed by atoms with Gasteiger partial charge in [0.15, 0.2) is 0 Å². The first-order valence-electron chi connectivity index (χ1n) is 10.4. The largest absolute Gasteiger partial charge is 0.289 e. The fourth-order valence-electron chi connectivity index (χ4n) is 2.92. The summed E-state index contributed by atoms with van der Waals surface area (Å²) in [7, 11) is -8.09. The number of unbranched alkanes of at least 4 members (excludes halogenated alkanes) is 7. The van der Waals surface area contributed by atoms with Crippen LogP contribution in [0.2, 0.25) is 10.0 Å². The van der Waals surface area contributed by atoms with Crippen LogP contribution in [-0.2, 0) is 24.8 Å². The van der Waals surface area contributed by atoms with Crippen LogP contribution in [0.1, 0.15) is 58.3 Å². The Labute approximate surface area is 200 Å². The highest BCUT2D eigenvalue weighted by Gasteiger charge is 2.27. The standard InChI is InChI=1S/C19H31Cl2N3O6S2/c1-2-3-4-5-6-7-8-9-12-31(27,28)24-17(19(25)23-26)14-22-32(29,30)18-13-15(20)10-11-16(18)21/h10-11,13,17,22,24,26H,2-9,12,14H2,1H3,(H,23,25). The molecule has 1 aromatic carbocycles. The van der Waals surface area contributed by atoms with E-state index >= 15 is 0 Å². The van der Waals surface area contributed by atoms with Gasteiger partial charge in [-0.25, -0.2) is 31.8 Å². The molecule has 0 aliphatic carbocycles. The second-order valence-corrected chi connectivity index (χ2v) is 11.8. The van der Waals surface area contributed by atoms with Crippen molar-refractivity contribution in [2.75, 3.05) is 12.3 Å². The van der Waals surface area contributed by atoms with Crippen LogP contribution in [0.25, 0.3) is 0 Å². The molecule has 0 aromatic heterocycles. The van der Waals surface area contributed by atoms with Gasteiger partial charge < -0.3 is 0 Å². The van der Waals surface area contributed by atoms with Gasteiger partial charge in [0.05, 0.1) is 10.8 Å². The summed E-state index contributed by atoms with van der Waals surface area (Å²) in [4.78, 5) is 11.6. The number of halogens is 2. The van der Waals surface area contributed by atoms with Gasteiger partial charge in [-0.1, -0.05) is 75.1 Å². The smallest absolute Gasteiger partial charge is 0.262 e. The van der Waals surface area contributed by atoms with Gasteiger partial charge >= 0.3 is 0 Å². The van der Waals surface area contributed by atoms with E-state index in [0.717, 1.165) is 38.2 Å². The van der Waals surface area contributed by atoms with E-state index in [1.54, 1.807) is 0 Å². The maximum Gasteiger partial charge on any atom is 0.262 e. The quantitative estimate of drug-likeness (QED) is 0.146. The van der Waals surface area contributed by atoms with Crippen molar-refractivity contribution in [2.24, 2.45) is 0 Å². The summed E-state index contributed by atoms with van der Waals surface area (Å²) >= 11 is 11.7. The number of amides is 1. The number of benzene rings is 1. The van der Waals surface area contributed by atoms with Crippen LogP contribution in [0.15, 0.2) is 23.1 Å². The maximum atomic E-state index is 12.5. The molecule has 0 aliphatic heterocycles. The molecule has 184 valence electrons. The number of hydrogen-bond donors (Lipinski definition) is 4. The molecule has 9 nitrogen and oxygen atoms in total. The summed E-state index contributed by atoms with van der Waals surface area (Å²) in [6, 6.07) is 2.26. The Morgan fingerprint density at radius 1 is 1.00 bits per heavy atom. The minimum absolute atomic E-state index is 0.0969. The third kappa shape index (κ3) is 10.8. The van der Waals surface area contributed by atoms with Gasteiger partial charge in [-0.05, 0) is 24.6 Å². The van der Waals surface area contributed by atoms with Crippen molar-refractivity contribution in [2.45, 2.75) is 69.2 Å². The molecule has 1 aromatic rings. The molecule has 1 unspecified atom stereocenters. The minimum atomic E-state index is -4.20. The Bertz CT molecular complexity index is 942. The fraction of sp³-hybridized carbons (Fsp3) is 0.632. The minimum Gasteiger partial charge on any atom is -0.289 e. The van der Waals surface area contributed by atoms with Gasteiger partial charge in [0, 0.05) is 11.6 Å². The number of sulfonamides is 2. The molecule has 1 atom stereocenters. The van der Waals surface area contributed by atoms with Crippen LogP contribution in [0.5, 0.6) is 0 Å². The fourth-order valence-corrected chi connectivity index (χ4v) is 6.05. The molecule has 0 bridgehead atoms. The molecule has 1 amide bonds. The van der Waals surface area contributed by atoms with Gasteiger partial charge in [0.1, 0.15) is 10.9 Å². The lowest BCUT2D eigenvalue weighted by Gasteiger charge is -2.18. The van der Waals surface area contributed by atoms with E-state index in [2.05, 4.69) is 16.4 Å². The number of hydroxylamine groups is 1. The van der Waals surface area contributed by atoms with Crippen LogP contribution in [0, 0.1) is 0 Å². The zero-order valence-electron chi connectivity index (χ0n) is 17.9. The predicted molar refractivity (Wildman–Crippen MR) is 125 cm³/mol. The van der Waals surface area contributed by atoms with Crippen LogP contribution >= 0.6 is 23.2 Å². The summed E-state index contributed by atoms with van der Waals surface area (Å²) in [5, 5.41) is 8.95. The van der Waals surface area contributed by atoms with Gasteiger partial charge in [-0.2, -0.15) is 0 Å². The summed E-state index contributed by atoms with van der Waals surface area (Å²) in [6.07, 6.45) is 7.73. The number of carbonyl (C=O) groups is 1. The van der Waals surface area contributed by atoms with E-state index in [-0.39, 0.29) is 20.7 Å². The highest BCUT2D eigenvalue weighted by atomic mass is 35.5. The molecule has 0 spiro atoms. The first-order chi connectivity index (χ1) is 15.0. The maximum absolute atomic E-state index is 12.5. The molecule has 32 heavy (non-hydrogen) atoms. The van der Waals surface area contributed by atoms with Crippen molar-refractivity contribution in [3.63, 3.8) is 0 Å². The second-order valence-electron chi connectivity index (χ2n) is 7.37. The third-order valence-electron chi connectivity index (χ3n) is 4.68. The lowest BCUT2D eigenvalue weighted by atomic mass is 10.1. The Hall–Kier alpha value is -0.950. The molecule has 1 rings (SSSR count). The van der Waals surface area contributed by atoms with E-state index < -0.39 is 38.5 Å². The summed E-state index contributed by atoms with van der Waals surface area (Å²) < 4.78 is 53.9. The zero-order valence-corrected chi connectivity index (χ0v) is 21.1. The van der Waals surface area contributed by atoms with Crippen LogP contribution < -0.4 is 14.9 Å². The van der Waals surface area contributed by atoms with Gasteiger partial charge in [-0.3, -0.25) is 10.0 Å². The molecular weight excluding hydrogens is 501 g/mol. The molecule has 0 heterocycles. The summed E-state index contributed by atoms with van der Waals surface area (Å²) in [5.41, 5.74) is 1.34. The molecule has 0 aliphatic rings. The first kappa shape index (κ1) is 29.1. The van der Waals surface area contributed by atoms with Crippen molar-refractivity contribution in [1.29, 1.82) is 0 Å². The average molecular weight is 533 g/mol. The highest BCUT2D eigenvalue weighted by molar-refractivity contribution is 7.90. The van der Waals surface area contributed by atoms with E-state index in [4.69, 9.17) is 28.4 Å². The van der Waals surface area contributed by atoms with E-state index in [1.165, 1.54) is 30.5 Å². The summed E-state index contributed by atoms with van der Waals surface area (Å²) in [5.74, 6) is -1.33. The Kier molecular flexibility index (Phi) is 13.0. The number of carbonyl (C=O) groups excluding carboxylic acids is 1. The molecule has 0 saturated carbocycles. The number of rotatable bonds is 16. The molecule has 0 radical (unpaired) electrons. The van der Waals surface area contributed by atoms with E-state index in [9.17, 15) is 21.6 Å². The Morgan fingerprint density at radius 2 is 1.59 bits per heavy atom. The number of hydrogen-bond acceptors (Lipinski definition) is 6. The van der Waals surface area contributed by atoms with Gasteiger partial charge in [0.2, 0.25) is 20.0 Å². The topological polar surface area (TPSA) is 142 Å². The van der Waals surface area contributed by atoms with Crippen LogP contribution in [-0.4, -0.2) is 46.3 Å². The lowest BCUT2D eigenvalue weighted by Crippen LogP contribution is -2.52. The van der Waals surface area contributed by atoms with Gasteiger partial charge in [0.25, 0.3) is 5.91 Å². The zero-order chi connectivity index (χ0) is 24.2. The number of nitrogens with one attached hydrogen (secondary N) is 3. The van der Waals surface area contributed by atoms with E-state index in [0.29, 0.717) is 6.42 Å². The van der Waals surface area contributed by atoms with E-state index in [1.807, 2.05) is 0 Å². The molecule has 0 saturated heterocycles. The van der Waals surface area contributed by atoms with Gasteiger partial charge in [-0.15, -0.1) is 0 Å². The predicted octanol–water partition coefficient (Wildman–Crippen LogP) is 3.21. The molecule has 4 N–H and O–H groups in total. The third-order valence-corrected chi connectivity index (χ3v) is 8.29. The first-order valence-corrected chi connectivity index (χ1v) is 14.3. The highest BCUT2D eigenvalue weighted by Crippen LogP contribution is 2.24. The average Bonchev–Trinajstić information content (AvgIpc) is 2.74. The normalized spacial score (nSPS) is 13.1. The molecule has 13 heteroatoms. The molecule has 0 fully saturated rings. The lowest BCUT2D eigenvalue weighted by molar-refractivity contribution is -0.130. The Morgan fingerprint density at radius 3 is 2.19 bits per heavy atom. The van der Waals surface area contributed by atoms with Crippen molar-refractivity contribution in [3.8, 4) is 0 Å². The second kappa shape index (κ2) is 14.3. The van der Waals surface area contributed by atoms with Crippen molar-refractivity contribution in [3.05, 3.63) is 28.2 Å². The van der Waals surface area contributed by atoms with Crippen molar-refractivity contribution < 1.29 is 26.8 Å². The summed E-state index contributed by atoms with van der Waals surface area (Å²) in [6.45, 7) is 1.49. The van der Waals surface area contributed by atoms with Crippen LogP contribution in [0.4, 0.5) is 0 Å². The monoisotopic (exact) mass is 531 g/mol.